The number of rotatable bonds is 7. The number of carboxylic acids is 1. The Morgan fingerprint density at radius 1 is 1.48 bits per heavy atom. The van der Waals surface area contributed by atoms with Gasteiger partial charge in [0, 0.05) is 36.3 Å². The first-order valence-electron chi connectivity index (χ1n) is 8.17. The molecule has 2 aromatic rings. The minimum atomic E-state index is -0.820. The van der Waals surface area contributed by atoms with E-state index < -0.39 is 5.97 Å². The second-order valence-corrected chi connectivity index (χ2v) is 7.05. The summed E-state index contributed by atoms with van der Waals surface area (Å²) in [5, 5.41) is 18.5. The highest BCUT2D eigenvalue weighted by atomic mass is 32.1. The van der Waals surface area contributed by atoms with Gasteiger partial charge in [0.2, 0.25) is 0 Å². The van der Waals surface area contributed by atoms with E-state index in [9.17, 15) is 9.59 Å². The molecule has 0 bridgehead atoms. The van der Waals surface area contributed by atoms with Crippen molar-refractivity contribution in [3.63, 3.8) is 0 Å². The van der Waals surface area contributed by atoms with E-state index in [1.165, 1.54) is 11.3 Å². The van der Waals surface area contributed by atoms with Gasteiger partial charge in [-0.1, -0.05) is 6.92 Å². The lowest BCUT2D eigenvalue weighted by Crippen LogP contribution is -2.54. The highest BCUT2D eigenvalue weighted by Crippen LogP contribution is 2.27. The summed E-state index contributed by atoms with van der Waals surface area (Å²) >= 11 is 1.41. The Labute approximate surface area is 149 Å². The summed E-state index contributed by atoms with van der Waals surface area (Å²) in [7, 11) is 1.84. The third kappa shape index (κ3) is 4.05. The molecular formula is C16H21N5O3S. The zero-order chi connectivity index (χ0) is 18.0. The molecule has 1 aliphatic rings. The fraction of sp³-hybridized carbons (Fsp3) is 0.500. The predicted octanol–water partition coefficient (Wildman–Crippen LogP) is 1.21. The normalized spacial score (nSPS) is 19.6. The number of carboxylic acid groups (broad SMARTS) is 1. The second-order valence-electron chi connectivity index (χ2n) is 6.19. The number of nitrogens with one attached hydrogen (secondary N) is 1. The Balaban J connectivity index is 1.52. The molecule has 0 spiro atoms. The minimum absolute atomic E-state index is 0.0440. The molecule has 0 aliphatic heterocycles. The lowest BCUT2D eigenvalue weighted by Gasteiger charge is -2.42. The quantitative estimate of drug-likeness (QED) is 0.767. The fourth-order valence-electron chi connectivity index (χ4n) is 2.98. The molecule has 8 nitrogen and oxygen atoms in total. The minimum Gasteiger partial charge on any atom is -0.480 e. The zero-order valence-corrected chi connectivity index (χ0v) is 15.0. The molecule has 1 fully saturated rings. The molecular weight excluding hydrogens is 342 g/mol. The van der Waals surface area contributed by atoms with Gasteiger partial charge in [0.05, 0.1) is 12.7 Å². The molecule has 134 valence electrons. The van der Waals surface area contributed by atoms with Gasteiger partial charge < -0.3 is 10.4 Å². The Kier molecular flexibility index (Phi) is 5.14. The number of carbonyl (C=O) groups is 2. The number of nitrogens with zero attached hydrogens (tertiary/aromatic N) is 4. The van der Waals surface area contributed by atoms with Gasteiger partial charge in [-0.3, -0.25) is 19.2 Å². The third-order valence-corrected chi connectivity index (χ3v) is 5.29. The number of carbonyl (C=O) groups excluding carboxylic acids is 1. The number of amides is 1. The van der Waals surface area contributed by atoms with Gasteiger partial charge in [-0.2, -0.15) is 5.10 Å². The standard InChI is InChI=1S/C16H21N5O3S/c1-3-21(8-14(22)23)12-4-11(5-12)18-15(24)13-9-25-16(19-13)10-6-17-20(2)7-10/h6-7,9,11-12H,3-5,8H2,1-2H3,(H,18,24)(H,22,23). The van der Waals surface area contributed by atoms with Gasteiger partial charge in [0.1, 0.15) is 10.7 Å². The lowest BCUT2D eigenvalue weighted by atomic mass is 9.85. The smallest absolute Gasteiger partial charge is 0.317 e. The third-order valence-electron chi connectivity index (χ3n) is 4.40. The molecule has 25 heavy (non-hydrogen) atoms. The Bertz CT molecular complexity index is 765. The maximum Gasteiger partial charge on any atom is 0.317 e. The number of likely N-dealkylation sites (N-methyl/N-ethyl adjacent to an activating group) is 1. The molecule has 1 saturated carbocycles. The zero-order valence-electron chi connectivity index (χ0n) is 14.2. The Hall–Kier alpha value is -2.26. The summed E-state index contributed by atoms with van der Waals surface area (Å²) in [5.41, 5.74) is 1.30. The maximum atomic E-state index is 12.3. The molecule has 0 radical (unpaired) electrons. The van der Waals surface area contributed by atoms with Crippen molar-refractivity contribution in [2.45, 2.75) is 31.8 Å². The molecule has 0 atom stereocenters. The molecule has 0 saturated heterocycles. The molecule has 0 unspecified atom stereocenters. The van der Waals surface area contributed by atoms with Crippen molar-refractivity contribution in [1.29, 1.82) is 0 Å². The van der Waals surface area contributed by atoms with Crippen LogP contribution in [0.15, 0.2) is 17.8 Å². The van der Waals surface area contributed by atoms with E-state index in [4.69, 9.17) is 5.11 Å². The highest BCUT2D eigenvalue weighted by Gasteiger charge is 2.35. The van der Waals surface area contributed by atoms with Crippen molar-refractivity contribution < 1.29 is 14.7 Å². The topological polar surface area (TPSA) is 100 Å². The van der Waals surface area contributed by atoms with Gasteiger partial charge in [-0.15, -0.1) is 11.3 Å². The first-order chi connectivity index (χ1) is 12.0. The van der Waals surface area contributed by atoms with Gasteiger partial charge >= 0.3 is 5.97 Å². The largest absolute Gasteiger partial charge is 0.480 e. The first-order valence-corrected chi connectivity index (χ1v) is 9.05. The van der Waals surface area contributed by atoms with E-state index in [1.54, 1.807) is 16.3 Å². The van der Waals surface area contributed by atoms with E-state index in [-0.39, 0.29) is 24.5 Å². The van der Waals surface area contributed by atoms with Crippen LogP contribution in [-0.4, -0.2) is 61.8 Å². The van der Waals surface area contributed by atoms with Crippen molar-refractivity contribution >= 4 is 23.2 Å². The second kappa shape index (κ2) is 7.32. The van der Waals surface area contributed by atoms with Crippen LogP contribution in [0.25, 0.3) is 10.6 Å². The Morgan fingerprint density at radius 3 is 2.84 bits per heavy atom. The van der Waals surface area contributed by atoms with Crippen LogP contribution in [0.1, 0.15) is 30.3 Å². The van der Waals surface area contributed by atoms with Crippen LogP contribution in [0.3, 0.4) is 0 Å². The Morgan fingerprint density at radius 2 is 2.24 bits per heavy atom. The molecule has 1 amide bonds. The van der Waals surface area contributed by atoms with Crippen molar-refractivity contribution in [3.05, 3.63) is 23.5 Å². The number of thiazole rings is 1. The van der Waals surface area contributed by atoms with E-state index in [0.717, 1.165) is 23.4 Å². The summed E-state index contributed by atoms with van der Waals surface area (Å²) in [6, 6.07) is 0.289. The van der Waals surface area contributed by atoms with Gasteiger partial charge in [0.15, 0.2) is 0 Å². The van der Waals surface area contributed by atoms with Crippen LogP contribution < -0.4 is 5.32 Å². The summed E-state index contributed by atoms with van der Waals surface area (Å²) < 4.78 is 1.70. The molecule has 3 rings (SSSR count). The summed E-state index contributed by atoms with van der Waals surface area (Å²) in [5.74, 6) is -1.00. The summed E-state index contributed by atoms with van der Waals surface area (Å²) in [6.07, 6.45) is 5.12. The van der Waals surface area contributed by atoms with Gasteiger partial charge in [-0.25, -0.2) is 4.98 Å². The summed E-state index contributed by atoms with van der Waals surface area (Å²) in [6.45, 7) is 2.69. The van der Waals surface area contributed by atoms with E-state index in [1.807, 2.05) is 25.1 Å². The van der Waals surface area contributed by atoms with Crippen molar-refractivity contribution in [2.75, 3.05) is 13.1 Å². The number of aliphatic carboxylic acids is 1. The van der Waals surface area contributed by atoms with E-state index >= 15 is 0 Å². The molecule has 9 heteroatoms. The average molecular weight is 363 g/mol. The molecule has 1 aliphatic carbocycles. The monoisotopic (exact) mass is 363 g/mol. The number of aromatic nitrogens is 3. The SMILES string of the molecule is CCN(CC(=O)O)C1CC(NC(=O)c2csc(-c3cnn(C)c3)n2)C1. The first kappa shape index (κ1) is 17.6. The van der Waals surface area contributed by atoms with Gasteiger partial charge in [-0.05, 0) is 19.4 Å². The number of hydrogen-bond donors (Lipinski definition) is 2. The fourth-order valence-corrected chi connectivity index (χ4v) is 3.75. The van der Waals surface area contributed by atoms with Crippen molar-refractivity contribution in [1.82, 2.24) is 25.0 Å². The number of hydrogen-bond acceptors (Lipinski definition) is 6. The van der Waals surface area contributed by atoms with Crippen LogP contribution >= 0.6 is 11.3 Å². The molecule has 2 N–H and O–H groups in total. The van der Waals surface area contributed by atoms with Gasteiger partial charge in [0.25, 0.3) is 5.91 Å². The van der Waals surface area contributed by atoms with Crippen molar-refractivity contribution in [3.8, 4) is 10.6 Å². The molecule has 2 heterocycles. The predicted molar refractivity (Wildman–Crippen MR) is 93.5 cm³/mol. The van der Waals surface area contributed by atoms with E-state index in [2.05, 4.69) is 15.4 Å². The lowest BCUT2D eigenvalue weighted by molar-refractivity contribution is -0.139. The molecule has 0 aromatic carbocycles. The number of aryl methyl sites for hydroxylation is 1. The van der Waals surface area contributed by atoms with Crippen LogP contribution in [0.4, 0.5) is 0 Å². The average Bonchev–Trinajstić information content (AvgIpc) is 3.16. The van der Waals surface area contributed by atoms with Crippen LogP contribution in [-0.2, 0) is 11.8 Å². The van der Waals surface area contributed by atoms with Crippen LogP contribution in [0, 0.1) is 0 Å². The van der Waals surface area contributed by atoms with E-state index in [0.29, 0.717) is 12.2 Å². The van der Waals surface area contributed by atoms with Crippen LogP contribution in [0.5, 0.6) is 0 Å². The van der Waals surface area contributed by atoms with Crippen LogP contribution in [0.2, 0.25) is 0 Å². The summed E-state index contributed by atoms with van der Waals surface area (Å²) in [4.78, 5) is 29.5. The maximum absolute atomic E-state index is 12.3. The highest BCUT2D eigenvalue weighted by molar-refractivity contribution is 7.13. The molecule has 2 aromatic heterocycles. The van der Waals surface area contributed by atoms with Crippen molar-refractivity contribution in [2.24, 2.45) is 7.05 Å².